The Morgan fingerprint density at radius 3 is 2.47 bits per heavy atom. The van der Waals surface area contributed by atoms with Crippen LogP contribution >= 0.6 is 0 Å². The van der Waals surface area contributed by atoms with Crippen LogP contribution in [0.2, 0.25) is 0 Å². The fourth-order valence-corrected chi connectivity index (χ4v) is 3.48. The van der Waals surface area contributed by atoms with Crippen molar-refractivity contribution < 1.29 is 9.53 Å². The van der Waals surface area contributed by atoms with Crippen LogP contribution in [0.25, 0.3) is 0 Å². The van der Waals surface area contributed by atoms with Crippen molar-refractivity contribution >= 4 is 5.97 Å². The molecule has 1 N–H and O–H groups in total. The number of esters is 1. The molecule has 0 aromatic heterocycles. The van der Waals surface area contributed by atoms with Crippen molar-refractivity contribution in [3.05, 3.63) is 0 Å². The first-order chi connectivity index (χ1) is 8.97. The summed E-state index contributed by atoms with van der Waals surface area (Å²) in [5, 5.41) is 3.40. The number of rotatable bonds is 4. The minimum atomic E-state index is -0.373. The van der Waals surface area contributed by atoms with Crippen LogP contribution in [0, 0.1) is 5.41 Å². The Kier molecular flexibility index (Phi) is 4.54. The molecule has 0 radical (unpaired) electrons. The predicted octanol–water partition coefficient (Wildman–Crippen LogP) is 3.42. The minimum absolute atomic E-state index is 0.0107. The highest BCUT2D eigenvalue weighted by Crippen LogP contribution is 2.37. The lowest BCUT2D eigenvalue weighted by atomic mass is 9.76. The average Bonchev–Trinajstić information content (AvgIpc) is 2.82. The van der Waals surface area contributed by atoms with E-state index < -0.39 is 0 Å². The highest BCUT2D eigenvalue weighted by molar-refractivity contribution is 5.81. The number of carbonyl (C=O) groups is 1. The third-order valence-electron chi connectivity index (χ3n) is 4.87. The molecule has 1 saturated carbocycles. The molecule has 1 unspecified atom stereocenters. The van der Waals surface area contributed by atoms with Gasteiger partial charge < -0.3 is 10.1 Å². The van der Waals surface area contributed by atoms with E-state index in [1.54, 1.807) is 0 Å². The molecule has 2 rings (SSSR count). The van der Waals surface area contributed by atoms with Crippen molar-refractivity contribution in [2.45, 2.75) is 83.8 Å². The van der Waals surface area contributed by atoms with Gasteiger partial charge in [0.25, 0.3) is 0 Å². The number of carbonyl (C=O) groups excluding carboxylic acids is 1. The lowest BCUT2D eigenvalue weighted by molar-refractivity contribution is -0.159. The number of nitrogens with one attached hydrogen (secondary N) is 1. The second-order valence-electron chi connectivity index (χ2n) is 7.13. The van der Waals surface area contributed by atoms with E-state index in [1.807, 2.05) is 0 Å². The molecular formula is C16H29NO2. The Morgan fingerprint density at radius 1 is 1.26 bits per heavy atom. The van der Waals surface area contributed by atoms with Crippen molar-refractivity contribution in [3.8, 4) is 0 Å². The molecule has 0 aromatic carbocycles. The van der Waals surface area contributed by atoms with Gasteiger partial charge in [-0.25, -0.2) is 0 Å². The summed E-state index contributed by atoms with van der Waals surface area (Å²) in [6, 6.07) is 0. The fraction of sp³-hybridized carbons (Fsp3) is 0.938. The lowest BCUT2D eigenvalue weighted by Crippen LogP contribution is -2.50. The highest BCUT2D eigenvalue weighted by atomic mass is 16.5. The molecule has 0 aromatic rings. The summed E-state index contributed by atoms with van der Waals surface area (Å²) in [5.41, 5.74) is 0.0529. The van der Waals surface area contributed by atoms with Gasteiger partial charge in [0, 0.05) is 0 Å². The molecule has 1 heterocycles. The van der Waals surface area contributed by atoms with Gasteiger partial charge in [0.1, 0.15) is 11.6 Å². The van der Waals surface area contributed by atoms with E-state index >= 15 is 0 Å². The second kappa shape index (κ2) is 5.82. The summed E-state index contributed by atoms with van der Waals surface area (Å²) in [6.07, 6.45) is 8.51. The molecule has 1 aliphatic heterocycles. The summed E-state index contributed by atoms with van der Waals surface area (Å²) in [7, 11) is 0. The third kappa shape index (κ3) is 3.50. The predicted molar refractivity (Wildman–Crippen MR) is 77.0 cm³/mol. The van der Waals surface area contributed by atoms with Gasteiger partial charge in [-0.05, 0) is 56.9 Å². The van der Waals surface area contributed by atoms with Gasteiger partial charge in [-0.2, -0.15) is 0 Å². The molecule has 0 amide bonds. The zero-order valence-corrected chi connectivity index (χ0v) is 12.8. The first-order valence-electron chi connectivity index (χ1n) is 7.94. The molecule has 2 fully saturated rings. The second-order valence-corrected chi connectivity index (χ2v) is 7.13. The van der Waals surface area contributed by atoms with Gasteiger partial charge in [0.05, 0.1) is 0 Å². The van der Waals surface area contributed by atoms with Crippen molar-refractivity contribution in [1.82, 2.24) is 5.32 Å². The van der Waals surface area contributed by atoms with Gasteiger partial charge in [-0.1, -0.05) is 27.2 Å². The number of ether oxygens (including phenoxy) is 1. The van der Waals surface area contributed by atoms with E-state index in [2.05, 4.69) is 26.1 Å². The number of hydrogen-bond donors (Lipinski definition) is 1. The Morgan fingerprint density at radius 2 is 1.95 bits per heavy atom. The molecule has 1 atom stereocenters. The number of hydrogen-bond acceptors (Lipinski definition) is 3. The maximum Gasteiger partial charge on any atom is 0.326 e. The summed E-state index contributed by atoms with van der Waals surface area (Å²) < 4.78 is 5.82. The minimum Gasteiger partial charge on any atom is -0.461 e. The maximum absolute atomic E-state index is 12.5. The molecule has 2 aliphatic rings. The van der Waals surface area contributed by atoms with E-state index in [0.29, 0.717) is 5.41 Å². The molecule has 1 aliphatic carbocycles. The van der Waals surface area contributed by atoms with Gasteiger partial charge in [-0.15, -0.1) is 0 Å². The first kappa shape index (κ1) is 14.8. The summed E-state index contributed by atoms with van der Waals surface area (Å²) >= 11 is 0. The third-order valence-corrected chi connectivity index (χ3v) is 4.87. The molecule has 1 saturated heterocycles. The molecule has 3 heteroatoms. The van der Waals surface area contributed by atoms with E-state index in [1.165, 1.54) is 12.8 Å². The molecule has 0 bridgehead atoms. The van der Waals surface area contributed by atoms with E-state index in [0.717, 1.165) is 45.1 Å². The monoisotopic (exact) mass is 267 g/mol. The van der Waals surface area contributed by atoms with Gasteiger partial charge in [-0.3, -0.25) is 4.79 Å². The van der Waals surface area contributed by atoms with E-state index in [-0.39, 0.29) is 17.6 Å². The van der Waals surface area contributed by atoms with Crippen molar-refractivity contribution in [3.63, 3.8) is 0 Å². The Hall–Kier alpha value is -0.570. The normalized spacial score (nSPS) is 31.3. The fourth-order valence-electron chi connectivity index (χ4n) is 3.48. The SMILES string of the molecule is CCCC1(C(=O)OC2CCC(C)(C)CC2)CCCN1. The quantitative estimate of drug-likeness (QED) is 0.793. The first-order valence-corrected chi connectivity index (χ1v) is 7.94. The maximum atomic E-state index is 12.5. The Labute approximate surface area is 117 Å². The summed E-state index contributed by atoms with van der Waals surface area (Å²) in [4.78, 5) is 12.5. The zero-order chi connectivity index (χ0) is 13.9. The summed E-state index contributed by atoms with van der Waals surface area (Å²) in [5.74, 6) is 0.0107. The van der Waals surface area contributed by atoms with Crippen LogP contribution in [0.4, 0.5) is 0 Å². The van der Waals surface area contributed by atoms with Crippen molar-refractivity contribution in [2.24, 2.45) is 5.41 Å². The zero-order valence-electron chi connectivity index (χ0n) is 12.8. The smallest absolute Gasteiger partial charge is 0.326 e. The molecule has 110 valence electrons. The molecular weight excluding hydrogens is 238 g/mol. The lowest BCUT2D eigenvalue weighted by Gasteiger charge is -2.36. The topological polar surface area (TPSA) is 38.3 Å². The summed E-state index contributed by atoms with van der Waals surface area (Å²) in [6.45, 7) is 7.70. The van der Waals surface area contributed by atoms with Gasteiger partial charge in [0.2, 0.25) is 0 Å². The van der Waals surface area contributed by atoms with Crippen LogP contribution in [0.1, 0.15) is 72.1 Å². The molecule has 3 nitrogen and oxygen atoms in total. The van der Waals surface area contributed by atoms with Crippen molar-refractivity contribution in [1.29, 1.82) is 0 Å². The molecule has 19 heavy (non-hydrogen) atoms. The highest BCUT2D eigenvalue weighted by Gasteiger charge is 2.43. The van der Waals surface area contributed by atoms with E-state index in [9.17, 15) is 4.79 Å². The van der Waals surface area contributed by atoms with Crippen molar-refractivity contribution in [2.75, 3.05) is 6.54 Å². The van der Waals surface area contributed by atoms with Crippen LogP contribution in [-0.4, -0.2) is 24.2 Å². The van der Waals surface area contributed by atoms with Gasteiger partial charge >= 0.3 is 5.97 Å². The largest absolute Gasteiger partial charge is 0.461 e. The van der Waals surface area contributed by atoms with Crippen LogP contribution in [0.5, 0.6) is 0 Å². The molecule has 0 spiro atoms. The van der Waals surface area contributed by atoms with Crippen LogP contribution in [0.15, 0.2) is 0 Å². The van der Waals surface area contributed by atoms with Crippen LogP contribution in [0.3, 0.4) is 0 Å². The Bertz CT molecular complexity index is 309. The van der Waals surface area contributed by atoms with Crippen LogP contribution in [-0.2, 0) is 9.53 Å². The van der Waals surface area contributed by atoms with Gasteiger partial charge in [0.15, 0.2) is 0 Å². The average molecular weight is 267 g/mol. The van der Waals surface area contributed by atoms with E-state index in [4.69, 9.17) is 4.74 Å². The van der Waals surface area contributed by atoms with Crippen LogP contribution < -0.4 is 5.32 Å². The Balaban J connectivity index is 1.89. The standard InChI is InChI=1S/C16H29NO2/c1-4-8-16(9-5-12-17-16)14(18)19-13-6-10-15(2,3)11-7-13/h13,17H,4-12H2,1-3H3.